The number of carbonyl (C=O) groups is 1. The Morgan fingerprint density at radius 1 is 1.23 bits per heavy atom. The molecule has 140 valence electrons. The van der Waals surface area contributed by atoms with Crippen LogP contribution in [0.15, 0.2) is 23.2 Å². The monoisotopic (exact) mass is 416 g/mol. The van der Waals surface area contributed by atoms with Gasteiger partial charge in [0.2, 0.25) is 0 Å². The van der Waals surface area contributed by atoms with Crippen LogP contribution in [-0.2, 0) is 27.6 Å². The van der Waals surface area contributed by atoms with Crippen molar-refractivity contribution in [1.82, 2.24) is 9.71 Å². The summed E-state index contributed by atoms with van der Waals surface area (Å²) in [5.74, 6) is -0.555. The van der Waals surface area contributed by atoms with Gasteiger partial charge in [0, 0.05) is 11.7 Å². The first kappa shape index (κ1) is 19.2. The van der Waals surface area contributed by atoms with E-state index in [9.17, 15) is 13.2 Å². The van der Waals surface area contributed by atoms with Crippen molar-refractivity contribution in [2.75, 3.05) is 6.61 Å². The third-order valence-electron chi connectivity index (χ3n) is 4.27. The fourth-order valence-corrected chi connectivity index (χ4v) is 4.74. The number of rotatable bonds is 5. The van der Waals surface area contributed by atoms with Gasteiger partial charge in [-0.15, -0.1) is 0 Å². The van der Waals surface area contributed by atoms with Crippen molar-refractivity contribution in [1.29, 1.82) is 0 Å². The summed E-state index contributed by atoms with van der Waals surface area (Å²) >= 11 is 12.1. The summed E-state index contributed by atoms with van der Waals surface area (Å²) in [6.07, 6.45) is 1.05. The Kier molecular flexibility index (Phi) is 5.35. The van der Waals surface area contributed by atoms with Crippen molar-refractivity contribution in [3.63, 3.8) is 0 Å². The maximum atomic E-state index is 12.7. The number of benzene rings is 1. The SMILES string of the molecule is CCOC(=O)c1cc(S(=O)(=O)NC2Cc3cc(Cl)c(Cl)cc3C2)[nH]c1C. The highest BCUT2D eigenvalue weighted by atomic mass is 35.5. The predicted molar refractivity (Wildman–Crippen MR) is 99.5 cm³/mol. The smallest absolute Gasteiger partial charge is 0.339 e. The fraction of sp³-hybridized carbons (Fsp3) is 0.353. The van der Waals surface area contributed by atoms with Crippen LogP contribution in [0.3, 0.4) is 0 Å². The number of halogens is 2. The van der Waals surface area contributed by atoms with Crippen LogP contribution in [0, 0.1) is 6.92 Å². The molecule has 3 rings (SSSR count). The van der Waals surface area contributed by atoms with Crippen molar-refractivity contribution in [2.45, 2.75) is 37.8 Å². The maximum absolute atomic E-state index is 12.7. The minimum absolute atomic E-state index is 0.0647. The van der Waals surface area contributed by atoms with Crippen molar-refractivity contribution < 1.29 is 17.9 Å². The van der Waals surface area contributed by atoms with Gasteiger partial charge in [-0.25, -0.2) is 17.9 Å². The molecule has 1 aromatic carbocycles. The highest BCUT2D eigenvalue weighted by molar-refractivity contribution is 7.89. The zero-order valence-electron chi connectivity index (χ0n) is 14.2. The summed E-state index contributed by atoms with van der Waals surface area (Å²) in [6, 6.07) is 4.53. The quantitative estimate of drug-likeness (QED) is 0.732. The van der Waals surface area contributed by atoms with Crippen LogP contribution in [0.1, 0.15) is 34.1 Å². The van der Waals surface area contributed by atoms with Crippen LogP contribution < -0.4 is 4.72 Å². The van der Waals surface area contributed by atoms with Crippen molar-refractivity contribution in [2.24, 2.45) is 0 Å². The summed E-state index contributed by atoms with van der Waals surface area (Å²) < 4.78 is 33.0. The van der Waals surface area contributed by atoms with E-state index in [4.69, 9.17) is 27.9 Å². The molecule has 1 aliphatic carbocycles. The molecule has 0 radical (unpaired) electrons. The van der Waals surface area contributed by atoms with Gasteiger partial charge in [0.25, 0.3) is 10.0 Å². The molecule has 0 amide bonds. The molecule has 2 N–H and O–H groups in total. The van der Waals surface area contributed by atoms with E-state index in [1.54, 1.807) is 26.0 Å². The largest absolute Gasteiger partial charge is 0.462 e. The molecule has 0 atom stereocenters. The van der Waals surface area contributed by atoms with Crippen LogP contribution in [0.2, 0.25) is 10.0 Å². The van der Waals surface area contributed by atoms with E-state index in [1.165, 1.54) is 6.07 Å². The molecule has 0 saturated carbocycles. The molecule has 1 aliphatic rings. The van der Waals surface area contributed by atoms with Gasteiger partial charge in [-0.1, -0.05) is 23.2 Å². The van der Waals surface area contributed by atoms with E-state index in [-0.39, 0.29) is 23.2 Å². The Balaban J connectivity index is 1.78. The number of hydrogen-bond donors (Lipinski definition) is 2. The van der Waals surface area contributed by atoms with Crippen molar-refractivity contribution >= 4 is 39.2 Å². The van der Waals surface area contributed by atoms with Gasteiger partial charge in [0.1, 0.15) is 5.03 Å². The lowest BCUT2D eigenvalue weighted by molar-refractivity contribution is 0.0525. The highest BCUT2D eigenvalue weighted by Crippen LogP contribution is 2.31. The summed E-state index contributed by atoms with van der Waals surface area (Å²) in [5.41, 5.74) is 2.60. The van der Waals surface area contributed by atoms with Crippen LogP contribution in [0.4, 0.5) is 0 Å². The topological polar surface area (TPSA) is 88.3 Å². The molecule has 6 nitrogen and oxygen atoms in total. The summed E-state index contributed by atoms with van der Waals surface area (Å²) in [5, 5.41) is 0.839. The summed E-state index contributed by atoms with van der Waals surface area (Å²) in [7, 11) is -3.81. The standard InChI is InChI=1S/C17H18Cl2N2O4S/c1-3-25-17(22)13-8-16(20-9(13)2)26(23,24)21-12-4-10-6-14(18)15(19)7-11(10)5-12/h6-8,12,20-21H,3-5H2,1-2H3. The molecular weight excluding hydrogens is 399 g/mol. The molecule has 1 aromatic heterocycles. The molecule has 0 bridgehead atoms. The molecule has 0 saturated heterocycles. The fourth-order valence-electron chi connectivity index (χ4n) is 3.07. The first-order valence-corrected chi connectivity index (χ1v) is 10.3. The zero-order valence-corrected chi connectivity index (χ0v) is 16.6. The number of aryl methyl sites for hydroxylation is 1. The summed E-state index contributed by atoms with van der Waals surface area (Å²) in [4.78, 5) is 14.6. The first-order chi connectivity index (χ1) is 12.2. The molecule has 0 unspecified atom stereocenters. The number of ether oxygens (including phenoxy) is 1. The van der Waals surface area contributed by atoms with Gasteiger partial charge >= 0.3 is 5.97 Å². The zero-order chi connectivity index (χ0) is 19.1. The van der Waals surface area contributed by atoms with Crippen LogP contribution in [-0.4, -0.2) is 32.0 Å². The number of fused-ring (bicyclic) bond motifs is 1. The molecule has 0 fully saturated rings. The van der Waals surface area contributed by atoms with Gasteiger partial charge in [0.05, 0.1) is 22.2 Å². The van der Waals surface area contributed by atoms with Gasteiger partial charge in [-0.05, 0) is 56.0 Å². The normalized spacial score (nSPS) is 14.5. The minimum atomic E-state index is -3.81. The number of nitrogens with one attached hydrogen (secondary N) is 2. The molecule has 1 heterocycles. The lowest BCUT2D eigenvalue weighted by Crippen LogP contribution is -2.35. The predicted octanol–water partition coefficient (Wildman–Crippen LogP) is 3.25. The number of aromatic nitrogens is 1. The maximum Gasteiger partial charge on any atom is 0.339 e. The van der Waals surface area contributed by atoms with E-state index in [0.29, 0.717) is 28.6 Å². The van der Waals surface area contributed by atoms with Gasteiger partial charge < -0.3 is 9.72 Å². The second-order valence-corrected chi connectivity index (χ2v) is 8.65. The third-order valence-corrected chi connectivity index (χ3v) is 6.44. The molecule has 2 aromatic rings. The third kappa shape index (κ3) is 3.76. The molecular formula is C17H18Cl2N2O4S. The molecule has 0 spiro atoms. The average Bonchev–Trinajstić information content (AvgIpc) is 3.11. The van der Waals surface area contributed by atoms with Gasteiger partial charge in [-0.2, -0.15) is 0 Å². The number of hydrogen-bond acceptors (Lipinski definition) is 4. The van der Waals surface area contributed by atoms with E-state index in [1.807, 2.05) is 0 Å². The second-order valence-electron chi connectivity index (χ2n) is 6.15. The lowest BCUT2D eigenvalue weighted by atomic mass is 10.1. The molecule has 26 heavy (non-hydrogen) atoms. The van der Waals surface area contributed by atoms with Gasteiger partial charge in [0.15, 0.2) is 0 Å². The van der Waals surface area contributed by atoms with Crippen LogP contribution in [0.5, 0.6) is 0 Å². The Morgan fingerprint density at radius 3 is 2.35 bits per heavy atom. The average molecular weight is 417 g/mol. The minimum Gasteiger partial charge on any atom is -0.462 e. The molecule has 9 heteroatoms. The van der Waals surface area contributed by atoms with Crippen molar-refractivity contribution in [3.8, 4) is 0 Å². The van der Waals surface area contributed by atoms with Crippen molar-refractivity contribution in [3.05, 3.63) is 50.6 Å². The van der Waals surface area contributed by atoms with Crippen LogP contribution in [0.25, 0.3) is 0 Å². The number of aromatic amines is 1. The van der Waals surface area contributed by atoms with Crippen LogP contribution >= 0.6 is 23.2 Å². The Hall–Kier alpha value is -1.54. The van der Waals surface area contributed by atoms with Gasteiger partial charge in [-0.3, -0.25) is 0 Å². The first-order valence-electron chi connectivity index (χ1n) is 8.07. The Labute approximate surface area is 161 Å². The lowest BCUT2D eigenvalue weighted by Gasteiger charge is -2.11. The summed E-state index contributed by atoms with van der Waals surface area (Å²) in [6.45, 7) is 3.53. The second kappa shape index (κ2) is 7.23. The Morgan fingerprint density at radius 2 is 1.81 bits per heavy atom. The Bertz CT molecular complexity index is 938. The van der Waals surface area contributed by atoms with E-state index >= 15 is 0 Å². The number of H-pyrrole nitrogens is 1. The highest BCUT2D eigenvalue weighted by Gasteiger charge is 2.29. The molecule has 0 aliphatic heterocycles. The van der Waals surface area contributed by atoms with E-state index in [2.05, 4.69) is 9.71 Å². The van der Waals surface area contributed by atoms with E-state index in [0.717, 1.165) is 11.1 Å². The number of sulfonamides is 1. The number of esters is 1. The van der Waals surface area contributed by atoms with E-state index < -0.39 is 16.0 Å². The number of carbonyl (C=O) groups excluding carboxylic acids is 1.